The van der Waals surface area contributed by atoms with Gasteiger partial charge in [-0.25, -0.2) is 9.97 Å². The summed E-state index contributed by atoms with van der Waals surface area (Å²) in [6.07, 6.45) is 3.90. The average Bonchev–Trinajstić information content (AvgIpc) is 3.11. The van der Waals surface area contributed by atoms with Gasteiger partial charge in [0.15, 0.2) is 0 Å². The van der Waals surface area contributed by atoms with Crippen LogP contribution in [0.15, 0.2) is 27.9 Å². The lowest BCUT2D eigenvalue weighted by atomic mass is 10.2. The molecule has 92 valence electrons. The second-order valence-electron chi connectivity index (χ2n) is 3.72. The van der Waals surface area contributed by atoms with E-state index in [0.717, 1.165) is 5.69 Å². The number of hydrogen-bond donors (Lipinski definition) is 2. The van der Waals surface area contributed by atoms with Crippen molar-refractivity contribution in [1.82, 2.24) is 25.1 Å². The van der Waals surface area contributed by atoms with Crippen LogP contribution in [-0.2, 0) is 6.42 Å². The number of thiazole rings is 1. The van der Waals surface area contributed by atoms with Gasteiger partial charge in [0.25, 0.3) is 0 Å². The molecular formula is C10H10N6OS. The van der Waals surface area contributed by atoms with E-state index in [0.29, 0.717) is 23.8 Å². The summed E-state index contributed by atoms with van der Waals surface area (Å²) >= 11 is 1.48. The Balaban J connectivity index is 1.77. The van der Waals surface area contributed by atoms with E-state index in [-0.39, 0.29) is 6.04 Å². The molecule has 3 rings (SSSR count). The van der Waals surface area contributed by atoms with E-state index in [1.54, 1.807) is 18.0 Å². The van der Waals surface area contributed by atoms with E-state index in [1.807, 2.05) is 5.38 Å². The van der Waals surface area contributed by atoms with Crippen LogP contribution in [0.2, 0.25) is 0 Å². The molecule has 0 radical (unpaired) electrons. The molecule has 0 amide bonds. The summed E-state index contributed by atoms with van der Waals surface area (Å²) in [6.45, 7) is 0. The third kappa shape index (κ3) is 2.15. The first kappa shape index (κ1) is 11.1. The summed E-state index contributed by atoms with van der Waals surface area (Å²) in [5.41, 5.74) is 9.33. The Hall–Kier alpha value is -2.06. The van der Waals surface area contributed by atoms with Crippen molar-refractivity contribution >= 4 is 11.3 Å². The predicted octanol–water partition coefficient (Wildman–Crippen LogP) is 1.16. The summed E-state index contributed by atoms with van der Waals surface area (Å²) in [5.74, 6) is 0.860. The van der Waals surface area contributed by atoms with Crippen molar-refractivity contribution in [3.63, 3.8) is 0 Å². The smallest absolute Gasteiger partial charge is 0.244 e. The van der Waals surface area contributed by atoms with Crippen LogP contribution in [0.3, 0.4) is 0 Å². The minimum atomic E-state index is -0.356. The largest absolute Gasteiger partial charge is 0.348 e. The fourth-order valence-corrected chi connectivity index (χ4v) is 2.06. The number of rotatable bonds is 4. The number of H-pyrrole nitrogens is 1. The fourth-order valence-electron chi connectivity index (χ4n) is 1.53. The van der Waals surface area contributed by atoms with Crippen LogP contribution in [0.5, 0.6) is 0 Å². The zero-order valence-electron chi connectivity index (χ0n) is 9.28. The molecule has 3 heterocycles. The Morgan fingerprint density at radius 1 is 1.50 bits per heavy atom. The molecule has 1 unspecified atom stereocenters. The van der Waals surface area contributed by atoms with Crippen molar-refractivity contribution in [3.8, 4) is 11.5 Å². The maximum absolute atomic E-state index is 5.99. The number of nitrogens with one attached hydrogen (secondary N) is 1. The standard InChI is InChI=1S/C10H10N6OS/c11-7(1-6-2-12-4-13-6)10-15-9(16-17-10)8-3-18-5-14-8/h2-5,7H,1,11H2,(H,12,13). The van der Waals surface area contributed by atoms with Crippen molar-refractivity contribution in [2.24, 2.45) is 5.73 Å². The van der Waals surface area contributed by atoms with Gasteiger partial charge >= 0.3 is 0 Å². The van der Waals surface area contributed by atoms with Crippen LogP contribution in [-0.4, -0.2) is 25.1 Å². The van der Waals surface area contributed by atoms with E-state index in [4.69, 9.17) is 10.3 Å². The first-order chi connectivity index (χ1) is 8.83. The molecule has 0 aliphatic heterocycles. The molecular weight excluding hydrogens is 252 g/mol. The Morgan fingerprint density at radius 2 is 2.44 bits per heavy atom. The average molecular weight is 262 g/mol. The molecule has 1 atom stereocenters. The number of aromatic amines is 1. The minimum absolute atomic E-state index is 0.356. The molecule has 3 aromatic heterocycles. The van der Waals surface area contributed by atoms with Crippen LogP contribution >= 0.6 is 11.3 Å². The Kier molecular flexibility index (Phi) is 2.87. The van der Waals surface area contributed by atoms with Gasteiger partial charge in [-0.1, -0.05) is 5.16 Å². The Morgan fingerprint density at radius 3 is 3.17 bits per heavy atom. The quantitative estimate of drug-likeness (QED) is 0.730. The van der Waals surface area contributed by atoms with E-state index in [9.17, 15) is 0 Å². The first-order valence-electron chi connectivity index (χ1n) is 5.28. The summed E-state index contributed by atoms with van der Waals surface area (Å²) in [6, 6.07) is -0.356. The van der Waals surface area contributed by atoms with E-state index in [1.165, 1.54) is 11.3 Å². The second kappa shape index (κ2) is 4.67. The summed E-state index contributed by atoms with van der Waals surface area (Å²) in [4.78, 5) is 15.3. The van der Waals surface area contributed by atoms with Crippen molar-refractivity contribution in [2.75, 3.05) is 0 Å². The van der Waals surface area contributed by atoms with Crippen molar-refractivity contribution in [1.29, 1.82) is 0 Å². The zero-order valence-corrected chi connectivity index (χ0v) is 10.1. The van der Waals surface area contributed by atoms with Crippen LogP contribution in [0.25, 0.3) is 11.5 Å². The molecule has 0 bridgehead atoms. The van der Waals surface area contributed by atoms with Gasteiger partial charge in [0.05, 0.1) is 17.9 Å². The number of imidazole rings is 1. The molecule has 8 heteroatoms. The van der Waals surface area contributed by atoms with E-state index in [2.05, 4.69) is 25.1 Å². The molecule has 0 aromatic carbocycles. The van der Waals surface area contributed by atoms with E-state index >= 15 is 0 Å². The highest BCUT2D eigenvalue weighted by atomic mass is 32.1. The SMILES string of the molecule is NC(Cc1cnc[nH]1)c1nc(-c2cscn2)no1. The monoisotopic (exact) mass is 262 g/mol. The Labute approximate surface area is 106 Å². The number of nitrogens with zero attached hydrogens (tertiary/aromatic N) is 4. The van der Waals surface area contributed by atoms with E-state index < -0.39 is 0 Å². The molecule has 7 nitrogen and oxygen atoms in total. The molecule has 18 heavy (non-hydrogen) atoms. The van der Waals surface area contributed by atoms with Gasteiger partial charge in [-0.3, -0.25) is 0 Å². The number of nitrogens with two attached hydrogens (primary N) is 1. The Bertz CT molecular complexity index is 602. The summed E-state index contributed by atoms with van der Waals surface area (Å²) in [5, 5.41) is 5.72. The highest BCUT2D eigenvalue weighted by Crippen LogP contribution is 2.19. The van der Waals surface area contributed by atoms with Gasteiger partial charge < -0.3 is 15.2 Å². The minimum Gasteiger partial charge on any atom is -0.348 e. The molecule has 0 saturated heterocycles. The first-order valence-corrected chi connectivity index (χ1v) is 6.22. The molecule has 3 N–H and O–H groups in total. The van der Waals surface area contributed by atoms with Crippen molar-refractivity contribution in [3.05, 3.63) is 35.0 Å². The van der Waals surface area contributed by atoms with Crippen LogP contribution in [0, 0.1) is 0 Å². The molecule has 0 aliphatic carbocycles. The fraction of sp³-hybridized carbons (Fsp3) is 0.200. The maximum Gasteiger partial charge on any atom is 0.244 e. The molecule has 3 aromatic rings. The number of aromatic nitrogens is 5. The number of hydrogen-bond acceptors (Lipinski definition) is 7. The summed E-state index contributed by atoms with van der Waals surface area (Å²) < 4.78 is 5.14. The van der Waals surface area contributed by atoms with Crippen molar-refractivity contribution in [2.45, 2.75) is 12.5 Å². The normalized spacial score (nSPS) is 12.7. The zero-order chi connectivity index (χ0) is 12.4. The van der Waals surface area contributed by atoms with Gasteiger partial charge in [0.2, 0.25) is 11.7 Å². The predicted molar refractivity (Wildman–Crippen MR) is 64.6 cm³/mol. The topological polar surface area (TPSA) is 107 Å². The lowest BCUT2D eigenvalue weighted by Crippen LogP contribution is -2.13. The molecule has 0 fully saturated rings. The third-order valence-electron chi connectivity index (χ3n) is 2.42. The molecule has 0 aliphatic rings. The van der Waals surface area contributed by atoms with Gasteiger partial charge in [-0.05, 0) is 0 Å². The van der Waals surface area contributed by atoms with Crippen molar-refractivity contribution < 1.29 is 4.52 Å². The van der Waals surface area contributed by atoms with Crippen LogP contribution < -0.4 is 5.73 Å². The van der Waals surface area contributed by atoms with Crippen LogP contribution in [0.1, 0.15) is 17.6 Å². The summed E-state index contributed by atoms with van der Waals surface area (Å²) in [7, 11) is 0. The van der Waals surface area contributed by atoms with Gasteiger partial charge in [-0.15, -0.1) is 11.3 Å². The highest BCUT2D eigenvalue weighted by molar-refractivity contribution is 7.07. The molecule has 0 spiro atoms. The lowest BCUT2D eigenvalue weighted by molar-refractivity contribution is 0.354. The lowest BCUT2D eigenvalue weighted by Gasteiger charge is -2.03. The van der Waals surface area contributed by atoms with Gasteiger partial charge in [0, 0.05) is 23.7 Å². The third-order valence-corrected chi connectivity index (χ3v) is 3.00. The molecule has 0 saturated carbocycles. The van der Waals surface area contributed by atoms with Crippen LogP contribution in [0.4, 0.5) is 0 Å². The maximum atomic E-state index is 5.99. The van der Waals surface area contributed by atoms with Gasteiger partial charge in [-0.2, -0.15) is 4.98 Å². The van der Waals surface area contributed by atoms with Gasteiger partial charge in [0.1, 0.15) is 5.69 Å². The second-order valence-corrected chi connectivity index (χ2v) is 4.44. The highest BCUT2D eigenvalue weighted by Gasteiger charge is 2.17.